The fourth-order valence-corrected chi connectivity index (χ4v) is 6.40. The zero-order chi connectivity index (χ0) is 20.6. The highest BCUT2D eigenvalue weighted by molar-refractivity contribution is 7.89. The summed E-state index contributed by atoms with van der Waals surface area (Å²) in [6.45, 7) is 3.03. The number of benzene rings is 1. The van der Waals surface area contributed by atoms with Crippen LogP contribution in [0.5, 0.6) is 0 Å². The summed E-state index contributed by atoms with van der Waals surface area (Å²) < 4.78 is 33.5. The SMILES string of the molecule is O=S(=O)(c1ccc2c(c1)CCCC2)N1CCN(Cc2coc(-c3cccs3)n2)CC1. The summed E-state index contributed by atoms with van der Waals surface area (Å²) in [4.78, 5) is 8.26. The second kappa shape index (κ2) is 8.26. The number of sulfonamides is 1. The minimum atomic E-state index is -3.44. The van der Waals surface area contributed by atoms with Gasteiger partial charge in [-0.25, -0.2) is 13.4 Å². The van der Waals surface area contributed by atoms with Crippen LogP contribution in [0.1, 0.15) is 29.7 Å². The van der Waals surface area contributed by atoms with Crippen LogP contribution < -0.4 is 0 Å². The third-order valence-electron chi connectivity index (χ3n) is 5.96. The Morgan fingerprint density at radius 3 is 2.60 bits per heavy atom. The van der Waals surface area contributed by atoms with E-state index in [2.05, 4.69) is 9.88 Å². The van der Waals surface area contributed by atoms with Gasteiger partial charge in [0.15, 0.2) is 0 Å². The number of fused-ring (bicyclic) bond motifs is 1. The number of aryl methyl sites for hydroxylation is 2. The van der Waals surface area contributed by atoms with Crippen LogP contribution in [-0.2, 0) is 29.4 Å². The van der Waals surface area contributed by atoms with Gasteiger partial charge in [0.2, 0.25) is 15.9 Å². The van der Waals surface area contributed by atoms with E-state index in [1.54, 1.807) is 28.0 Å². The van der Waals surface area contributed by atoms with Crippen molar-refractivity contribution in [3.8, 4) is 10.8 Å². The molecule has 3 heterocycles. The number of rotatable bonds is 5. The number of nitrogens with zero attached hydrogens (tertiary/aromatic N) is 3. The van der Waals surface area contributed by atoms with Crippen LogP contribution in [0.15, 0.2) is 51.3 Å². The summed E-state index contributed by atoms with van der Waals surface area (Å²) in [6.07, 6.45) is 6.08. The summed E-state index contributed by atoms with van der Waals surface area (Å²) in [5, 5.41) is 2.00. The second-order valence-corrected chi connectivity index (χ2v) is 10.8. The fraction of sp³-hybridized carbons (Fsp3) is 0.409. The average molecular weight is 444 g/mol. The van der Waals surface area contributed by atoms with Gasteiger partial charge in [0.05, 0.1) is 15.5 Å². The Kier molecular flexibility index (Phi) is 5.49. The van der Waals surface area contributed by atoms with Crippen molar-refractivity contribution in [2.45, 2.75) is 37.1 Å². The highest BCUT2D eigenvalue weighted by Gasteiger charge is 2.29. The lowest BCUT2D eigenvalue weighted by Gasteiger charge is -2.33. The molecule has 3 aromatic rings. The van der Waals surface area contributed by atoms with Crippen molar-refractivity contribution in [3.05, 3.63) is 58.8 Å². The monoisotopic (exact) mass is 443 g/mol. The molecule has 0 spiro atoms. The van der Waals surface area contributed by atoms with E-state index in [0.29, 0.717) is 43.5 Å². The van der Waals surface area contributed by atoms with Crippen molar-refractivity contribution < 1.29 is 12.8 Å². The van der Waals surface area contributed by atoms with Gasteiger partial charge in [0.1, 0.15) is 6.26 Å². The molecular weight excluding hydrogens is 418 g/mol. The molecule has 158 valence electrons. The molecule has 0 atom stereocenters. The summed E-state index contributed by atoms with van der Waals surface area (Å²) in [7, 11) is -3.44. The lowest BCUT2D eigenvalue weighted by Crippen LogP contribution is -2.48. The maximum atomic E-state index is 13.2. The van der Waals surface area contributed by atoms with E-state index in [1.807, 2.05) is 29.6 Å². The molecule has 0 bridgehead atoms. The van der Waals surface area contributed by atoms with E-state index in [-0.39, 0.29) is 0 Å². The van der Waals surface area contributed by atoms with Gasteiger partial charge in [-0.05, 0) is 60.4 Å². The zero-order valence-corrected chi connectivity index (χ0v) is 18.4. The summed E-state index contributed by atoms with van der Waals surface area (Å²) in [6, 6.07) is 9.66. The van der Waals surface area contributed by atoms with Gasteiger partial charge in [-0.2, -0.15) is 4.31 Å². The van der Waals surface area contributed by atoms with Crippen molar-refractivity contribution in [1.29, 1.82) is 0 Å². The van der Waals surface area contributed by atoms with E-state index in [1.165, 1.54) is 17.5 Å². The second-order valence-electron chi connectivity index (χ2n) is 7.94. The van der Waals surface area contributed by atoms with Crippen LogP contribution in [0, 0.1) is 0 Å². The van der Waals surface area contributed by atoms with Crippen molar-refractivity contribution in [2.75, 3.05) is 26.2 Å². The van der Waals surface area contributed by atoms with Crippen molar-refractivity contribution >= 4 is 21.4 Å². The molecule has 5 rings (SSSR count). The Hall–Kier alpha value is -2.00. The molecule has 1 saturated heterocycles. The Labute approximate surface area is 181 Å². The van der Waals surface area contributed by atoms with Gasteiger partial charge in [-0.3, -0.25) is 4.90 Å². The Morgan fingerprint density at radius 1 is 1.03 bits per heavy atom. The third-order valence-corrected chi connectivity index (χ3v) is 8.71. The van der Waals surface area contributed by atoms with E-state index in [9.17, 15) is 8.42 Å². The topological polar surface area (TPSA) is 66.7 Å². The van der Waals surface area contributed by atoms with Gasteiger partial charge in [-0.15, -0.1) is 11.3 Å². The predicted molar refractivity (Wildman–Crippen MR) is 117 cm³/mol. The minimum Gasteiger partial charge on any atom is -0.444 e. The smallest absolute Gasteiger partial charge is 0.243 e. The number of thiophene rings is 1. The minimum absolute atomic E-state index is 0.439. The molecule has 2 aliphatic rings. The normalized spacial score (nSPS) is 18.4. The van der Waals surface area contributed by atoms with Crippen molar-refractivity contribution in [1.82, 2.24) is 14.2 Å². The van der Waals surface area contributed by atoms with Crippen LogP contribution in [0.4, 0.5) is 0 Å². The average Bonchev–Trinajstić information content (AvgIpc) is 3.46. The number of piperazine rings is 1. The predicted octanol–water partition coefficient (Wildman–Crippen LogP) is 3.79. The number of oxazole rings is 1. The van der Waals surface area contributed by atoms with Gasteiger partial charge >= 0.3 is 0 Å². The maximum absolute atomic E-state index is 13.2. The van der Waals surface area contributed by atoms with Crippen LogP contribution in [0.2, 0.25) is 0 Å². The van der Waals surface area contributed by atoms with Gasteiger partial charge in [0.25, 0.3) is 0 Å². The molecule has 0 amide bonds. The summed E-state index contributed by atoms with van der Waals surface area (Å²) in [5.41, 5.74) is 3.39. The first-order valence-electron chi connectivity index (χ1n) is 10.4. The molecule has 2 aromatic heterocycles. The number of hydrogen-bond acceptors (Lipinski definition) is 6. The lowest BCUT2D eigenvalue weighted by atomic mass is 9.92. The molecule has 0 unspecified atom stereocenters. The highest BCUT2D eigenvalue weighted by Crippen LogP contribution is 2.27. The molecule has 0 saturated carbocycles. The quantitative estimate of drug-likeness (QED) is 0.600. The first-order valence-corrected chi connectivity index (χ1v) is 12.7. The fourth-order valence-electron chi connectivity index (χ4n) is 4.27. The molecule has 6 nitrogen and oxygen atoms in total. The number of aromatic nitrogens is 1. The van der Waals surface area contributed by atoms with E-state index < -0.39 is 10.0 Å². The maximum Gasteiger partial charge on any atom is 0.243 e. The molecule has 0 N–H and O–H groups in total. The summed E-state index contributed by atoms with van der Waals surface area (Å²) >= 11 is 1.60. The molecular formula is C22H25N3O3S2. The molecule has 1 aliphatic heterocycles. The van der Waals surface area contributed by atoms with E-state index in [0.717, 1.165) is 29.8 Å². The molecule has 1 aliphatic carbocycles. The van der Waals surface area contributed by atoms with Gasteiger partial charge in [0, 0.05) is 32.7 Å². The Balaban J connectivity index is 1.22. The molecule has 8 heteroatoms. The molecule has 0 radical (unpaired) electrons. The first kappa shape index (κ1) is 19.9. The van der Waals surface area contributed by atoms with Gasteiger partial charge < -0.3 is 4.42 Å². The van der Waals surface area contributed by atoms with E-state index >= 15 is 0 Å². The van der Waals surface area contributed by atoms with Crippen LogP contribution in [0.3, 0.4) is 0 Å². The highest BCUT2D eigenvalue weighted by atomic mass is 32.2. The van der Waals surface area contributed by atoms with Crippen molar-refractivity contribution in [3.63, 3.8) is 0 Å². The molecule has 30 heavy (non-hydrogen) atoms. The lowest BCUT2D eigenvalue weighted by molar-refractivity contribution is 0.180. The third kappa shape index (κ3) is 3.97. The van der Waals surface area contributed by atoms with Crippen molar-refractivity contribution in [2.24, 2.45) is 0 Å². The van der Waals surface area contributed by atoms with Crippen LogP contribution >= 0.6 is 11.3 Å². The first-order chi connectivity index (χ1) is 14.6. The summed E-state index contributed by atoms with van der Waals surface area (Å²) in [5.74, 6) is 0.647. The molecule has 1 fully saturated rings. The zero-order valence-electron chi connectivity index (χ0n) is 16.8. The van der Waals surface area contributed by atoms with Crippen LogP contribution in [0.25, 0.3) is 10.8 Å². The Bertz CT molecular complexity index is 1110. The Morgan fingerprint density at radius 2 is 1.83 bits per heavy atom. The largest absolute Gasteiger partial charge is 0.444 e. The van der Waals surface area contributed by atoms with Gasteiger partial charge in [-0.1, -0.05) is 12.1 Å². The van der Waals surface area contributed by atoms with Crippen LogP contribution in [-0.4, -0.2) is 48.8 Å². The number of hydrogen-bond donors (Lipinski definition) is 0. The molecule has 1 aromatic carbocycles. The standard InChI is InChI=1S/C22H25N3O3S2/c26-30(27,20-8-7-17-4-1-2-5-18(17)14-20)25-11-9-24(10-12-25)15-19-16-28-22(23-19)21-6-3-13-29-21/h3,6-8,13-14,16H,1-2,4-5,9-12,15H2. The van der Waals surface area contributed by atoms with E-state index in [4.69, 9.17) is 4.42 Å².